The average molecular weight is 116 g/mol. The minimum absolute atomic E-state index is 0.196. The van der Waals surface area contributed by atoms with Crippen molar-refractivity contribution >= 4 is 0 Å². The van der Waals surface area contributed by atoms with Crippen molar-refractivity contribution in [3.8, 4) is 0 Å². The van der Waals surface area contributed by atoms with Crippen LogP contribution in [0.3, 0.4) is 0 Å². The van der Waals surface area contributed by atoms with Crippen molar-refractivity contribution < 1.29 is 4.39 Å². The largest absolute Gasteiger partial charge is 0.251 e. The number of rotatable bonds is 4. The van der Waals surface area contributed by atoms with Gasteiger partial charge in [-0.15, -0.1) is 6.58 Å². The van der Waals surface area contributed by atoms with E-state index in [1.165, 1.54) is 0 Å². The normalized spacial score (nSPS) is 13.2. The third-order valence-corrected chi connectivity index (χ3v) is 1.20. The molecule has 0 aliphatic rings. The summed E-state index contributed by atoms with van der Waals surface area (Å²) in [6.45, 7) is 5.44. The Balaban J connectivity index is 2.98. The van der Waals surface area contributed by atoms with E-state index in [0.717, 1.165) is 6.42 Å². The van der Waals surface area contributed by atoms with Gasteiger partial charge in [0.25, 0.3) is 0 Å². The van der Waals surface area contributed by atoms with Gasteiger partial charge in [0.15, 0.2) is 0 Å². The molecule has 0 aromatic heterocycles. The molecule has 0 spiro atoms. The zero-order valence-electron chi connectivity index (χ0n) is 5.36. The van der Waals surface area contributed by atoms with Gasteiger partial charge in [0, 0.05) is 0 Å². The lowest BCUT2D eigenvalue weighted by Crippen LogP contribution is -1.88. The Morgan fingerprint density at radius 3 is 2.75 bits per heavy atom. The lowest BCUT2D eigenvalue weighted by molar-refractivity contribution is 0.442. The average Bonchev–Trinajstić information content (AvgIpc) is 1.83. The smallest absolute Gasteiger partial charge is 0.0894 e. The Bertz CT molecular complexity index is 59.4. The quantitative estimate of drug-likeness (QED) is 0.495. The van der Waals surface area contributed by atoms with E-state index >= 15 is 0 Å². The molecule has 0 aliphatic carbocycles. The van der Waals surface area contributed by atoms with Gasteiger partial charge in [-0.1, -0.05) is 13.0 Å². The van der Waals surface area contributed by atoms with Crippen LogP contribution in [0.2, 0.25) is 0 Å². The van der Waals surface area contributed by atoms with Crippen LogP contribution in [0.1, 0.15) is 19.8 Å². The summed E-state index contributed by atoms with van der Waals surface area (Å²) in [5.41, 5.74) is 0. The second-order valence-electron chi connectivity index (χ2n) is 2.04. The Morgan fingerprint density at radius 2 is 2.38 bits per heavy atom. The first kappa shape index (κ1) is 7.67. The minimum atomic E-state index is -0.196. The fraction of sp³-hybridized carbons (Fsp3) is 0.714. The fourth-order valence-electron chi connectivity index (χ4n) is 0.517. The summed E-state index contributed by atoms with van der Waals surface area (Å²) in [7, 11) is 0. The summed E-state index contributed by atoms with van der Waals surface area (Å²) in [6, 6.07) is 0. The van der Waals surface area contributed by atoms with Crippen LogP contribution >= 0.6 is 0 Å². The highest BCUT2D eigenvalue weighted by atomic mass is 19.1. The van der Waals surface area contributed by atoms with E-state index in [-0.39, 0.29) is 6.67 Å². The number of alkyl halides is 1. The van der Waals surface area contributed by atoms with E-state index < -0.39 is 0 Å². The summed E-state index contributed by atoms with van der Waals surface area (Å²) >= 11 is 0. The maximum atomic E-state index is 11.5. The maximum absolute atomic E-state index is 11.5. The molecule has 1 heteroatoms. The fourth-order valence-corrected chi connectivity index (χ4v) is 0.517. The molecule has 0 radical (unpaired) electrons. The molecule has 8 heavy (non-hydrogen) atoms. The zero-order valence-corrected chi connectivity index (χ0v) is 5.36. The molecule has 0 amide bonds. The van der Waals surface area contributed by atoms with Gasteiger partial charge in [-0.25, -0.2) is 0 Å². The Morgan fingerprint density at radius 1 is 1.75 bits per heavy atom. The number of allylic oxidation sites excluding steroid dienone is 1. The van der Waals surface area contributed by atoms with Crippen molar-refractivity contribution in [2.24, 2.45) is 5.92 Å². The molecule has 0 nitrogen and oxygen atoms in total. The molecule has 0 saturated carbocycles. The van der Waals surface area contributed by atoms with Crippen molar-refractivity contribution in [3.05, 3.63) is 12.7 Å². The van der Waals surface area contributed by atoms with Gasteiger partial charge in [0.1, 0.15) is 0 Å². The summed E-state index contributed by atoms with van der Waals surface area (Å²) in [6.07, 6.45) is 3.46. The van der Waals surface area contributed by atoms with E-state index in [4.69, 9.17) is 0 Å². The monoisotopic (exact) mass is 116 g/mol. The highest BCUT2D eigenvalue weighted by molar-refractivity contribution is 4.74. The first-order chi connectivity index (χ1) is 3.81. The molecule has 0 heterocycles. The predicted molar refractivity (Wildman–Crippen MR) is 34.6 cm³/mol. The van der Waals surface area contributed by atoms with Crippen LogP contribution in [0.5, 0.6) is 0 Å². The van der Waals surface area contributed by atoms with Crippen molar-refractivity contribution in [1.29, 1.82) is 0 Å². The summed E-state index contributed by atoms with van der Waals surface area (Å²) in [5.74, 6) is 0.478. The molecule has 0 saturated heterocycles. The topological polar surface area (TPSA) is 0 Å². The Kier molecular flexibility index (Phi) is 4.62. The van der Waals surface area contributed by atoms with Crippen LogP contribution in [0.25, 0.3) is 0 Å². The molecule has 0 fully saturated rings. The van der Waals surface area contributed by atoms with Crippen molar-refractivity contribution in [1.82, 2.24) is 0 Å². The van der Waals surface area contributed by atoms with E-state index in [0.29, 0.717) is 12.3 Å². The van der Waals surface area contributed by atoms with E-state index in [1.807, 2.05) is 13.0 Å². The Labute approximate surface area is 50.4 Å². The molecule has 0 rings (SSSR count). The Hall–Kier alpha value is -0.330. The third-order valence-electron chi connectivity index (χ3n) is 1.20. The van der Waals surface area contributed by atoms with E-state index in [2.05, 4.69) is 6.58 Å². The molecule has 0 aromatic carbocycles. The summed E-state index contributed by atoms with van der Waals surface area (Å²) in [5, 5.41) is 0. The lowest BCUT2D eigenvalue weighted by Gasteiger charge is -1.99. The van der Waals surface area contributed by atoms with Crippen LogP contribution in [0.4, 0.5) is 4.39 Å². The van der Waals surface area contributed by atoms with Gasteiger partial charge >= 0.3 is 0 Å². The molecule has 1 unspecified atom stereocenters. The first-order valence-corrected chi connectivity index (χ1v) is 2.99. The molecule has 0 aromatic rings. The highest BCUT2D eigenvalue weighted by Crippen LogP contribution is 2.04. The van der Waals surface area contributed by atoms with Gasteiger partial charge in [0.05, 0.1) is 6.67 Å². The molecule has 0 N–H and O–H groups in total. The predicted octanol–water partition coefficient (Wildman–Crippen LogP) is 2.56. The molecular formula is C7H13F. The SMILES string of the molecule is C=CC(C)CCCF. The van der Waals surface area contributed by atoms with Gasteiger partial charge in [-0.05, 0) is 18.8 Å². The molecule has 1 atom stereocenters. The van der Waals surface area contributed by atoms with E-state index in [9.17, 15) is 4.39 Å². The highest BCUT2D eigenvalue weighted by Gasteiger charge is 1.92. The molecule has 48 valence electrons. The minimum Gasteiger partial charge on any atom is -0.251 e. The third kappa shape index (κ3) is 3.85. The number of halogens is 1. The second-order valence-corrected chi connectivity index (χ2v) is 2.04. The van der Waals surface area contributed by atoms with Crippen LogP contribution in [-0.2, 0) is 0 Å². The number of hydrogen-bond acceptors (Lipinski definition) is 0. The summed E-state index contributed by atoms with van der Waals surface area (Å²) < 4.78 is 11.5. The molecular weight excluding hydrogens is 103 g/mol. The van der Waals surface area contributed by atoms with Crippen LogP contribution in [0.15, 0.2) is 12.7 Å². The second kappa shape index (κ2) is 4.82. The van der Waals surface area contributed by atoms with Crippen molar-refractivity contribution in [2.45, 2.75) is 19.8 Å². The zero-order chi connectivity index (χ0) is 6.41. The summed E-state index contributed by atoms with van der Waals surface area (Å²) in [4.78, 5) is 0. The van der Waals surface area contributed by atoms with Gasteiger partial charge in [0.2, 0.25) is 0 Å². The van der Waals surface area contributed by atoms with Crippen LogP contribution in [0, 0.1) is 5.92 Å². The van der Waals surface area contributed by atoms with Crippen LogP contribution in [-0.4, -0.2) is 6.67 Å². The molecule has 0 bridgehead atoms. The lowest BCUT2D eigenvalue weighted by atomic mass is 10.1. The van der Waals surface area contributed by atoms with Gasteiger partial charge < -0.3 is 0 Å². The standard InChI is InChI=1S/C7H13F/c1-3-7(2)5-4-6-8/h3,7H,1,4-6H2,2H3. The first-order valence-electron chi connectivity index (χ1n) is 2.99. The van der Waals surface area contributed by atoms with E-state index in [1.54, 1.807) is 0 Å². The van der Waals surface area contributed by atoms with Crippen molar-refractivity contribution in [3.63, 3.8) is 0 Å². The van der Waals surface area contributed by atoms with Gasteiger partial charge in [-0.2, -0.15) is 0 Å². The number of hydrogen-bond donors (Lipinski definition) is 0. The maximum Gasteiger partial charge on any atom is 0.0894 e. The van der Waals surface area contributed by atoms with Crippen molar-refractivity contribution in [2.75, 3.05) is 6.67 Å². The van der Waals surface area contributed by atoms with Gasteiger partial charge in [-0.3, -0.25) is 4.39 Å². The molecule has 0 aliphatic heterocycles. The van der Waals surface area contributed by atoms with Crippen LogP contribution < -0.4 is 0 Å².